The molecule has 0 radical (unpaired) electrons. The van der Waals surface area contributed by atoms with Gasteiger partial charge in [0.1, 0.15) is 5.82 Å². The Balaban J connectivity index is 2.00. The van der Waals surface area contributed by atoms with Gasteiger partial charge in [0.15, 0.2) is 0 Å². The number of aromatic nitrogens is 3. The quantitative estimate of drug-likeness (QED) is 0.502. The Morgan fingerprint density at radius 1 is 1.38 bits per heavy atom. The van der Waals surface area contributed by atoms with E-state index in [1.54, 1.807) is 6.08 Å². The Labute approximate surface area is 135 Å². The molecule has 0 saturated carbocycles. The molecule has 0 spiro atoms. The summed E-state index contributed by atoms with van der Waals surface area (Å²) in [5.41, 5.74) is 1.13. The lowest BCUT2D eigenvalue weighted by Crippen LogP contribution is -2.14. The molecule has 3 N–H and O–H groups in total. The van der Waals surface area contributed by atoms with E-state index in [0.717, 1.165) is 22.9 Å². The van der Waals surface area contributed by atoms with Crippen LogP contribution >= 0.6 is 0 Å². The van der Waals surface area contributed by atoms with Crippen molar-refractivity contribution in [3.05, 3.63) is 61.8 Å². The number of nitrogens with one attached hydrogen (secondary N) is 2. The normalized spacial score (nSPS) is 11.4. The fourth-order valence-electron chi connectivity index (χ4n) is 2.56. The first-order valence-corrected chi connectivity index (χ1v) is 7.26. The van der Waals surface area contributed by atoms with Crippen molar-refractivity contribution in [1.82, 2.24) is 15.0 Å². The minimum Gasteiger partial charge on any atom is -0.488 e. The summed E-state index contributed by atoms with van der Waals surface area (Å²) >= 11 is 0. The van der Waals surface area contributed by atoms with Crippen LogP contribution in [0.1, 0.15) is 23.9 Å². The van der Waals surface area contributed by atoms with E-state index in [1.165, 1.54) is 11.6 Å². The molecule has 0 fully saturated rings. The SMILES string of the molecule is CCc1cccc2c(/C=C/c3nc(O)c([N+](=O)[O-])c(=O)[nH]3)c[nH]c12. The van der Waals surface area contributed by atoms with E-state index in [-0.39, 0.29) is 5.82 Å². The van der Waals surface area contributed by atoms with E-state index in [1.807, 2.05) is 24.4 Å². The number of aromatic hydroxyl groups is 1. The van der Waals surface area contributed by atoms with Gasteiger partial charge in [0, 0.05) is 17.1 Å². The molecule has 2 aromatic heterocycles. The smallest absolute Gasteiger partial charge is 0.395 e. The largest absolute Gasteiger partial charge is 0.488 e. The molecule has 0 aliphatic rings. The summed E-state index contributed by atoms with van der Waals surface area (Å²) < 4.78 is 0. The van der Waals surface area contributed by atoms with Crippen molar-refractivity contribution in [3.8, 4) is 5.88 Å². The maximum atomic E-state index is 11.6. The van der Waals surface area contributed by atoms with Crippen molar-refractivity contribution >= 4 is 28.7 Å². The molecule has 8 heteroatoms. The standard InChI is InChI=1S/C16H14N4O4/c1-2-9-4-3-5-11-10(8-17-13(9)11)6-7-12-18-15(21)14(20(23)24)16(22)19-12/h3-8,17H,2H2,1H3,(H2,18,19,21,22)/b7-6+. The second-order valence-corrected chi connectivity index (χ2v) is 5.15. The molecular formula is C16H14N4O4. The zero-order chi connectivity index (χ0) is 17.3. The van der Waals surface area contributed by atoms with Crippen molar-refractivity contribution in [2.24, 2.45) is 0 Å². The van der Waals surface area contributed by atoms with E-state index < -0.39 is 22.0 Å². The average Bonchev–Trinajstić information content (AvgIpc) is 2.95. The van der Waals surface area contributed by atoms with Gasteiger partial charge < -0.3 is 15.1 Å². The number of benzene rings is 1. The third-order valence-corrected chi connectivity index (χ3v) is 3.71. The first kappa shape index (κ1) is 15.5. The maximum absolute atomic E-state index is 11.6. The number of hydrogen-bond acceptors (Lipinski definition) is 5. The number of rotatable bonds is 4. The zero-order valence-corrected chi connectivity index (χ0v) is 12.7. The van der Waals surface area contributed by atoms with Gasteiger partial charge in [-0.3, -0.25) is 14.9 Å². The van der Waals surface area contributed by atoms with E-state index in [4.69, 9.17) is 0 Å². The van der Waals surface area contributed by atoms with Crippen molar-refractivity contribution in [2.45, 2.75) is 13.3 Å². The highest BCUT2D eigenvalue weighted by Gasteiger charge is 2.21. The van der Waals surface area contributed by atoms with E-state index >= 15 is 0 Å². The summed E-state index contributed by atoms with van der Waals surface area (Å²) in [5, 5.41) is 21.2. The Bertz CT molecular complexity index is 1020. The Morgan fingerprint density at radius 2 is 2.17 bits per heavy atom. The summed E-state index contributed by atoms with van der Waals surface area (Å²) in [6.07, 6.45) is 5.91. The van der Waals surface area contributed by atoms with Crippen LogP contribution in [-0.2, 0) is 6.42 Å². The minimum absolute atomic E-state index is 0.0316. The lowest BCUT2D eigenvalue weighted by atomic mass is 10.1. The first-order valence-electron chi connectivity index (χ1n) is 7.26. The summed E-state index contributed by atoms with van der Waals surface area (Å²) in [6.45, 7) is 2.07. The number of nitrogens with zero attached hydrogens (tertiary/aromatic N) is 2. The number of nitro groups is 1. The minimum atomic E-state index is -1.00. The number of fused-ring (bicyclic) bond motifs is 1. The topological polar surface area (TPSA) is 125 Å². The number of aromatic amines is 2. The molecule has 3 rings (SSSR count). The predicted molar refractivity (Wildman–Crippen MR) is 89.8 cm³/mol. The maximum Gasteiger partial charge on any atom is 0.395 e. The summed E-state index contributed by atoms with van der Waals surface area (Å²) in [6, 6.07) is 5.97. The zero-order valence-electron chi connectivity index (χ0n) is 12.7. The molecule has 0 atom stereocenters. The number of para-hydroxylation sites is 1. The van der Waals surface area contributed by atoms with Crippen LogP contribution < -0.4 is 5.56 Å². The van der Waals surface area contributed by atoms with Crippen molar-refractivity contribution in [3.63, 3.8) is 0 Å². The molecule has 0 amide bonds. The van der Waals surface area contributed by atoms with Gasteiger partial charge in [0.2, 0.25) is 0 Å². The van der Waals surface area contributed by atoms with Gasteiger partial charge in [-0.15, -0.1) is 0 Å². The highest BCUT2D eigenvalue weighted by atomic mass is 16.6. The highest BCUT2D eigenvalue weighted by molar-refractivity contribution is 5.93. The second-order valence-electron chi connectivity index (χ2n) is 5.15. The Kier molecular flexibility index (Phi) is 3.87. The Morgan fingerprint density at radius 3 is 2.83 bits per heavy atom. The molecule has 0 aliphatic carbocycles. The molecule has 0 unspecified atom stereocenters. The molecular weight excluding hydrogens is 312 g/mol. The van der Waals surface area contributed by atoms with Crippen LogP contribution in [-0.4, -0.2) is 25.0 Å². The Hall–Kier alpha value is -3.42. The predicted octanol–water partition coefficient (Wildman–Crippen LogP) is 2.60. The van der Waals surface area contributed by atoms with Crippen LogP contribution in [0.25, 0.3) is 23.1 Å². The van der Waals surface area contributed by atoms with Gasteiger partial charge >= 0.3 is 11.2 Å². The van der Waals surface area contributed by atoms with Gasteiger partial charge in [0.05, 0.1) is 4.92 Å². The average molecular weight is 326 g/mol. The molecule has 122 valence electrons. The van der Waals surface area contributed by atoms with Crippen molar-refractivity contribution < 1.29 is 10.0 Å². The summed E-state index contributed by atoms with van der Waals surface area (Å²) in [4.78, 5) is 30.4. The van der Waals surface area contributed by atoms with E-state index in [0.29, 0.717) is 0 Å². The lowest BCUT2D eigenvalue weighted by molar-refractivity contribution is -0.387. The van der Waals surface area contributed by atoms with Gasteiger partial charge in [-0.05, 0) is 29.7 Å². The van der Waals surface area contributed by atoms with Crippen LogP contribution in [0.5, 0.6) is 5.88 Å². The van der Waals surface area contributed by atoms with Crippen LogP contribution in [0.2, 0.25) is 0 Å². The molecule has 2 heterocycles. The van der Waals surface area contributed by atoms with Gasteiger partial charge in [-0.25, -0.2) is 0 Å². The van der Waals surface area contributed by atoms with Gasteiger partial charge in [-0.2, -0.15) is 4.98 Å². The third-order valence-electron chi connectivity index (χ3n) is 3.71. The van der Waals surface area contributed by atoms with Crippen LogP contribution in [0, 0.1) is 10.1 Å². The van der Waals surface area contributed by atoms with Crippen LogP contribution in [0.3, 0.4) is 0 Å². The fourth-order valence-corrected chi connectivity index (χ4v) is 2.56. The summed E-state index contributed by atoms with van der Waals surface area (Å²) in [7, 11) is 0. The monoisotopic (exact) mass is 326 g/mol. The second kappa shape index (κ2) is 5.99. The van der Waals surface area contributed by atoms with Crippen LogP contribution in [0.15, 0.2) is 29.2 Å². The lowest BCUT2D eigenvalue weighted by Gasteiger charge is -1.99. The van der Waals surface area contributed by atoms with E-state index in [9.17, 15) is 20.0 Å². The number of hydrogen-bond donors (Lipinski definition) is 3. The summed E-state index contributed by atoms with van der Waals surface area (Å²) in [5.74, 6) is -0.875. The van der Waals surface area contributed by atoms with Gasteiger partial charge in [-0.1, -0.05) is 25.1 Å². The third kappa shape index (κ3) is 2.65. The first-order chi connectivity index (χ1) is 11.5. The fraction of sp³-hybridized carbons (Fsp3) is 0.125. The molecule has 24 heavy (non-hydrogen) atoms. The highest BCUT2D eigenvalue weighted by Crippen LogP contribution is 2.24. The molecule has 0 aliphatic heterocycles. The molecule has 0 bridgehead atoms. The van der Waals surface area contributed by atoms with Crippen LogP contribution in [0.4, 0.5) is 5.69 Å². The van der Waals surface area contributed by atoms with E-state index in [2.05, 4.69) is 21.9 Å². The number of H-pyrrole nitrogens is 2. The number of aryl methyl sites for hydroxylation is 1. The molecule has 0 saturated heterocycles. The van der Waals surface area contributed by atoms with Crippen molar-refractivity contribution in [2.75, 3.05) is 0 Å². The molecule has 1 aromatic carbocycles. The molecule has 3 aromatic rings. The molecule has 8 nitrogen and oxygen atoms in total. The van der Waals surface area contributed by atoms with Gasteiger partial charge in [0.25, 0.3) is 5.88 Å². The van der Waals surface area contributed by atoms with Crippen molar-refractivity contribution in [1.29, 1.82) is 0 Å².